The lowest BCUT2D eigenvalue weighted by molar-refractivity contribution is -0.132. The third kappa shape index (κ3) is 3.63. The fraction of sp³-hybridized carbons (Fsp3) is 0.471. The molecule has 0 aliphatic carbocycles. The molecular weight excluding hydrogens is 331 g/mol. The first kappa shape index (κ1) is 17.3. The van der Waals surface area contributed by atoms with Crippen molar-refractivity contribution in [3.63, 3.8) is 0 Å². The lowest BCUT2D eigenvalue weighted by atomic mass is 10.1. The van der Waals surface area contributed by atoms with E-state index < -0.39 is 23.7 Å². The molecule has 134 valence electrons. The molecule has 3 rings (SSSR count). The van der Waals surface area contributed by atoms with Crippen LogP contribution in [0.5, 0.6) is 0 Å². The molecule has 0 saturated carbocycles. The molecule has 1 aromatic carbocycles. The number of amides is 2. The Hall–Kier alpha value is -2.48. The van der Waals surface area contributed by atoms with Crippen molar-refractivity contribution in [1.82, 2.24) is 10.2 Å². The van der Waals surface area contributed by atoms with Gasteiger partial charge in [-0.25, -0.2) is 9.18 Å². The van der Waals surface area contributed by atoms with Crippen LogP contribution in [0.4, 0.5) is 4.39 Å². The molecule has 8 heteroatoms. The van der Waals surface area contributed by atoms with Gasteiger partial charge in [0.2, 0.25) is 5.91 Å². The molecule has 2 amide bonds. The summed E-state index contributed by atoms with van der Waals surface area (Å²) in [6.45, 7) is 1.79. The van der Waals surface area contributed by atoms with Gasteiger partial charge in [-0.15, -0.1) is 0 Å². The second kappa shape index (κ2) is 7.18. The maximum absolute atomic E-state index is 14.0. The number of benzene rings is 1. The molecule has 0 spiro atoms. The minimum Gasteiger partial charge on any atom is -0.478 e. The first-order valence-corrected chi connectivity index (χ1v) is 8.19. The van der Waals surface area contributed by atoms with Crippen molar-refractivity contribution in [1.29, 1.82) is 0 Å². The zero-order valence-corrected chi connectivity index (χ0v) is 13.5. The Morgan fingerprint density at radius 3 is 2.60 bits per heavy atom. The second-order valence-electron chi connectivity index (χ2n) is 6.19. The van der Waals surface area contributed by atoms with E-state index in [1.54, 1.807) is 4.90 Å². The molecule has 2 N–H and O–H groups in total. The normalized spacial score (nSPS) is 21.4. The highest BCUT2D eigenvalue weighted by atomic mass is 19.1. The predicted molar refractivity (Wildman–Crippen MR) is 84.8 cm³/mol. The van der Waals surface area contributed by atoms with Crippen molar-refractivity contribution in [2.24, 2.45) is 0 Å². The molecule has 1 aromatic rings. The van der Waals surface area contributed by atoms with Crippen molar-refractivity contribution in [3.05, 3.63) is 35.1 Å². The number of nitrogens with one attached hydrogen (secondary N) is 1. The Morgan fingerprint density at radius 1 is 1.24 bits per heavy atom. The Bertz CT molecular complexity index is 702. The van der Waals surface area contributed by atoms with Crippen LogP contribution < -0.4 is 5.32 Å². The topological polar surface area (TPSA) is 95.9 Å². The van der Waals surface area contributed by atoms with Gasteiger partial charge in [0.25, 0.3) is 5.91 Å². The van der Waals surface area contributed by atoms with Crippen LogP contribution in [0.2, 0.25) is 0 Å². The summed E-state index contributed by atoms with van der Waals surface area (Å²) in [5.41, 5.74) is -0.515. The van der Waals surface area contributed by atoms with Gasteiger partial charge in [0.15, 0.2) is 0 Å². The first-order valence-electron chi connectivity index (χ1n) is 8.19. The summed E-state index contributed by atoms with van der Waals surface area (Å²) in [7, 11) is 0. The van der Waals surface area contributed by atoms with Gasteiger partial charge in [0, 0.05) is 25.8 Å². The molecule has 1 unspecified atom stereocenters. The van der Waals surface area contributed by atoms with Gasteiger partial charge >= 0.3 is 5.97 Å². The number of likely N-dealkylation sites (tertiary alicyclic amines) is 1. The average molecular weight is 350 g/mol. The zero-order valence-electron chi connectivity index (χ0n) is 13.5. The predicted octanol–water partition coefficient (Wildman–Crippen LogP) is 1.03. The number of rotatable bonds is 4. The van der Waals surface area contributed by atoms with Crippen LogP contribution in [0.25, 0.3) is 0 Å². The number of hydrogen-bond acceptors (Lipinski definition) is 4. The third-order valence-electron chi connectivity index (χ3n) is 4.64. The molecule has 0 bridgehead atoms. The number of carbonyl (C=O) groups is 3. The van der Waals surface area contributed by atoms with E-state index in [4.69, 9.17) is 9.84 Å². The maximum atomic E-state index is 14.0. The van der Waals surface area contributed by atoms with Gasteiger partial charge in [0.05, 0.1) is 11.1 Å². The van der Waals surface area contributed by atoms with E-state index in [0.29, 0.717) is 26.2 Å². The number of hydrogen-bond donors (Lipinski definition) is 2. The largest absolute Gasteiger partial charge is 0.478 e. The van der Waals surface area contributed by atoms with Crippen molar-refractivity contribution >= 4 is 17.8 Å². The van der Waals surface area contributed by atoms with E-state index in [9.17, 15) is 18.8 Å². The Morgan fingerprint density at radius 2 is 1.96 bits per heavy atom. The first-order chi connectivity index (χ1) is 12.0. The third-order valence-corrected chi connectivity index (χ3v) is 4.64. The van der Waals surface area contributed by atoms with Crippen LogP contribution in [-0.2, 0) is 9.53 Å². The minimum absolute atomic E-state index is 0.120. The van der Waals surface area contributed by atoms with Crippen molar-refractivity contribution in [3.8, 4) is 0 Å². The van der Waals surface area contributed by atoms with Crippen LogP contribution in [0.1, 0.15) is 40.0 Å². The number of halogens is 1. The van der Waals surface area contributed by atoms with E-state index in [-0.39, 0.29) is 23.1 Å². The second-order valence-corrected chi connectivity index (χ2v) is 6.19. The van der Waals surface area contributed by atoms with Crippen LogP contribution >= 0.6 is 0 Å². The number of carbonyl (C=O) groups excluding carboxylic acids is 2. The standard InChI is InChI=1S/C17H19FN2O5/c18-13-9-10(17(23)24)1-2-12(13)15(21)19-14-3-6-20(16(14)22)11-4-7-25-8-5-11/h1-2,9,11,14H,3-8H2,(H,19,21)(H,23,24). The highest BCUT2D eigenvalue weighted by Gasteiger charge is 2.37. The van der Waals surface area contributed by atoms with Crippen molar-refractivity contribution in [2.75, 3.05) is 19.8 Å². The Labute approximate surface area is 143 Å². The highest BCUT2D eigenvalue weighted by Crippen LogP contribution is 2.22. The summed E-state index contributed by atoms with van der Waals surface area (Å²) in [5, 5.41) is 11.4. The van der Waals surface area contributed by atoms with Gasteiger partial charge < -0.3 is 20.1 Å². The molecule has 25 heavy (non-hydrogen) atoms. The molecule has 1 atom stereocenters. The summed E-state index contributed by atoms with van der Waals surface area (Å²) in [6, 6.07) is 2.50. The van der Waals surface area contributed by atoms with Crippen LogP contribution in [-0.4, -0.2) is 59.6 Å². The quantitative estimate of drug-likeness (QED) is 0.846. The van der Waals surface area contributed by atoms with Gasteiger partial charge in [0.1, 0.15) is 11.9 Å². The van der Waals surface area contributed by atoms with Gasteiger partial charge in [-0.05, 0) is 37.5 Å². The molecule has 2 aliphatic rings. The van der Waals surface area contributed by atoms with E-state index >= 15 is 0 Å². The Kier molecular flexibility index (Phi) is 4.98. The van der Waals surface area contributed by atoms with Crippen LogP contribution in [0, 0.1) is 5.82 Å². The molecule has 2 aliphatic heterocycles. The molecule has 7 nitrogen and oxygen atoms in total. The maximum Gasteiger partial charge on any atom is 0.335 e. The van der Waals surface area contributed by atoms with Gasteiger partial charge in [-0.2, -0.15) is 0 Å². The zero-order chi connectivity index (χ0) is 18.0. The SMILES string of the molecule is O=C(O)c1ccc(C(=O)NC2CCN(C3CCOCC3)C2=O)c(F)c1. The number of ether oxygens (including phenoxy) is 1. The summed E-state index contributed by atoms with van der Waals surface area (Å²) in [5.74, 6) is -3.09. The molecule has 2 saturated heterocycles. The number of carboxylic acid groups (broad SMARTS) is 1. The van der Waals surface area contributed by atoms with Crippen molar-refractivity contribution in [2.45, 2.75) is 31.3 Å². The molecule has 2 heterocycles. The van der Waals surface area contributed by atoms with Crippen LogP contribution in [0.15, 0.2) is 18.2 Å². The monoisotopic (exact) mass is 350 g/mol. The molecular formula is C17H19FN2O5. The fourth-order valence-electron chi connectivity index (χ4n) is 3.26. The summed E-state index contributed by atoms with van der Waals surface area (Å²) < 4.78 is 19.3. The summed E-state index contributed by atoms with van der Waals surface area (Å²) in [4.78, 5) is 37.3. The van der Waals surface area contributed by atoms with E-state index in [0.717, 1.165) is 31.0 Å². The van der Waals surface area contributed by atoms with E-state index in [1.165, 1.54) is 0 Å². The van der Waals surface area contributed by atoms with Crippen molar-refractivity contribution < 1.29 is 28.6 Å². The lowest BCUT2D eigenvalue weighted by Crippen LogP contribution is -2.46. The van der Waals surface area contributed by atoms with Gasteiger partial charge in [-0.1, -0.05) is 0 Å². The summed E-state index contributed by atoms with van der Waals surface area (Å²) in [6.07, 6.45) is 2.02. The van der Waals surface area contributed by atoms with Crippen LogP contribution in [0.3, 0.4) is 0 Å². The van der Waals surface area contributed by atoms with E-state index in [2.05, 4.69) is 5.32 Å². The highest BCUT2D eigenvalue weighted by molar-refractivity contribution is 5.99. The Balaban J connectivity index is 1.65. The molecule has 0 radical (unpaired) electrons. The summed E-state index contributed by atoms with van der Waals surface area (Å²) >= 11 is 0. The smallest absolute Gasteiger partial charge is 0.335 e. The average Bonchev–Trinajstić information content (AvgIpc) is 2.96. The number of carboxylic acids is 1. The molecule has 0 aromatic heterocycles. The number of aromatic carboxylic acids is 1. The fourth-order valence-corrected chi connectivity index (χ4v) is 3.26. The molecule has 2 fully saturated rings. The number of nitrogens with zero attached hydrogens (tertiary/aromatic N) is 1. The minimum atomic E-state index is -1.27. The lowest BCUT2D eigenvalue weighted by Gasteiger charge is -2.31. The van der Waals surface area contributed by atoms with Gasteiger partial charge in [-0.3, -0.25) is 9.59 Å². The van der Waals surface area contributed by atoms with E-state index in [1.807, 2.05) is 0 Å².